The molecule has 0 atom stereocenters. The predicted octanol–water partition coefficient (Wildman–Crippen LogP) is 1.94. The molecule has 1 aliphatic rings. The maximum atomic E-state index is 4.11. The molecule has 0 fully saturated rings. The van der Waals surface area contributed by atoms with Gasteiger partial charge < -0.3 is 10.3 Å². The Labute approximate surface area is 88.2 Å². The van der Waals surface area contributed by atoms with Gasteiger partial charge in [0.15, 0.2) is 0 Å². The number of H-pyrrole nitrogens is 1. The van der Waals surface area contributed by atoms with Crippen molar-refractivity contribution in [3.63, 3.8) is 0 Å². The van der Waals surface area contributed by atoms with Gasteiger partial charge in [-0.1, -0.05) is 6.08 Å². The number of rotatable bonds is 1. The van der Waals surface area contributed by atoms with Crippen molar-refractivity contribution in [2.75, 3.05) is 13.1 Å². The van der Waals surface area contributed by atoms with Crippen LogP contribution in [0, 0.1) is 0 Å². The van der Waals surface area contributed by atoms with Crippen molar-refractivity contribution >= 4 is 16.5 Å². The maximum absolute atomic E-state index is 4.11. The molecule has 0 aromatic carbocycles. The summed E-state index contributed by atoms with van der Waals surface area (Å²) in [7, 11) is 0. The molecule has 0 spiro atoms. The number of hydrogen-bond donors (Lipinski definition) is 2. The lowest BCUT2D eigenvalue weighted by Gasteiger charge is -2.13. The Balaban J connectivity index is 2.14. The van der Waals surface area contributed by atoms with E-state index in [-0.39, 0.29) is 0 Å². The third-order valence-corrected chi connectivity index (χ3v) is 2.86. The number of nitrogens with one attached hydrogen (secondary N) is 2. The normalized spacial score (nSPS) is 16.7. The first-order chi connectivity index (χ1) is 7.45. The number of pyridine rings is 1. The molecule has 2 N–H and O–H groups in total. The van der Waals surface area contributed by atoms with Crippen LogP contribution in [0.25, 0.3) is 16.5 Å². The smallest absolute Gasteiger partial charge is 0.0646 e. The first-order valence-corrected chi connectivity index (χ1v) is 5.26. The van der Waals surface area contributed by atoms with Gasteiger partial charge in [0.1, 0.15) is 0 Å². The van der Waals surface area contributed by atoms with Gasteiger partial charge in [0, 0.05) is 29.9 Å². The molecule has 0 radical (unpaired) electrons. The van der Waals surface area contributed by atoms with E-state index in [9.17, 15) is 0 Å². The highest BCUT2D eigenvalue weighted by atomic mass is 14.9. The third kappa shape index (κ3) is 1.45. The largest absolute Gasteiger partial charge is 0.359 e. The molecule has 0 bridgehead atoms. The van der Waals surface area contributed by atoms with Gasteiger partial charge in [-0.05, 0) is 24.6 Å². The molecule has 15 heavy (non-hydrogen) atoms. The molecule has 0 aliphatic carbocycles. The van der Waals surface area contributed by atoms with Gasteiger partial charge in [0.2, 0.25) is 0 Å². The minimum Gasteiger partial charge on any atom is -0.359 e. The van der Waals surface area contributed by atoms with Gasteiger partial charge in [-0.25, -0.2) is 0 Å². The fraction of sp³-hybridized carbons (Fsp3) is 0.250. The highest BCUT2D eigenvalue weighted by molar-refractivity contribution is 5.92. The minimum absolute atomic E-state index is 0.968. The van der Waals surface area contributed by atoms with Crippen LogP contribution in [0.2, 0.25) is 0 Å². The van der Waals surface area contributed by atoms with E-state index in [0.29, 0.717) is 0 Å². The fourth-order valence-electron chi connectivity index (χ4n) is 2.09. The molecule has 0 saturated heterocycles. The van der Waals surface area contributed by atoms with Crippen molar-refractivity contribution in [2.45, 2.75) is 6.42 Å². The van der Waals surface area contributed by atoms with Crippen LogP contribution in [0.5, 0.6) is 0 Å². The van der Waals surface area contributed by atoms with E-state index in [0.717, 1.165) is 25.0 Å². The average Bonchev–Trinajstić information content (AvgIpc) is 2.74. The van der Waals surface area contributed by atoms with Gasteiger partial charge in [0.25, 0.3) is 0 Å². The van der Waals surface area contributed by atoms with E-state index in [4.69, 9.17) is 0 Å². The van der Waals surface area contributed by atoms with Gasteiger partial charge >= 0.3 is 0 Å². The number of hydrogen-bond acceptors (Lipinski definition) is 2. The van der Waals surface area contributed by atoms with Crippen LogP contribution in [0.1, 0.15) is 12.0 Å². The van der Waals surface area contributed by atoms with Crippen molar-refractivity contribution in [1.29, 1.82) is 0 Å². The number of aromatic nitrogens is 2. The molecule has 0 amide bonds. The quantitative estimate of drug-likeness (QED) is 0.737. The zero-order valence-electron chi connectivity index (χ0n) is 8.46. The van der Waals surface area contributed by atoms with Crippen molar-refractivity contribution in [3.05, 3.63) is 36.3 Å². The Kier molecular flexibility index (Phi) is 2.03. The van der Waals surface area contributed by atoms with Crippen molar-refractivity contribution in [1.82, 2.24) is 15.3 Å². The van der Waals surface area contributed by atoms with Crippen LogP contribution in [-0.2, 0) is 0 Å². The van der Waals surface area contributed by atoms with Gasteiger partial charge in [-0.2, -0.15) is 0 Å². The summed E-state index contributed by atoms with van der Waals surface area (Å²) in [5.41, 5.74) is 3.80. The van der Waals surface area contributed by atoms with E-state index >= 15 is 0 Å². The summed E-state index contributed by atoms with van der Waals surface area (Å²) in [5, 5.41) is 4.65. The van der Waals surface area contributed by atoms with Crippen LogP contribution in [0.15, 0.2) is 30.7 Å². The summed E-state index contributed by atoms with van der Waals surface area (Å²) in [4.78, 5) is 7.36. The lowest BCUT2D eigenvalue weighted by molar-refractivity contribution is 0.739. The third-order valence-electron chi connectivity index (χ3n) is 2.86. The summed E-state index contributed by atoms with van der Waals surface area (Å²) in [6.07, 6.45) is 9.23. The van der Waals surface area contributed by atoms with Gasteiger partial charge in [-0.3, -0.25) is 4.98 Å². The highest BCUT2D eigenvalue weighted by Gasteiger charge is 2.10. The summed E-state index contributed by atoms with van der Waals surface area (Å²) in [6.45, 7) is 2.06. The summed E-state index contributed by atoms with van der Waals surface area (Å²) in [5.74, 6) is 0. The average molecular weight is 199 g/mol. The van der Waals surface area contributed by atoms with E-state index in [1.165, 1.54) is 16.5 Å². The van der Waals surface area contributed by atoms with E-state index in [1.807, 2.05) is 12.4 Å². The fourth-order valence-corrected chi connectivity index (χ4v) is 2.09. The lowest BCUT2D eigenvalue weighted by Crippen LogP contribution is -2.21. The molecule has 3 rings (SSSR count). The standard InChI is InChI=1S/C12H13N3/c1-2-9(6-13-4-1)11-7-15-12-8-14-5-3-10(11)12/h2-3,5,7-8,13,15H,1,4,6H2. The first-order valence-electron chi connectivity index (χ1n) is 5.26. The van der Waals surface area contributed by atoms with Crippen LogP contribution in [0.4, 0.5) is 0 Å². The molecule has 3 nitrogen and oxygen atoms in total. The highest BCUT2D eigenvalue weighted by Crippen LogP contribution is 2.25. The molecule has 76 valence electrons. The zero-order chi connectivity index (χ0) is 10.1. The van der Waals surface area contributed by atoms with E-state index in [2.05, 4.69) is 33.6 Å². The zero-order valence-corrected chi connectivity index (χ0v) is 8.46. The lowest BCUT2D eigenvalue weighted by atomic mass is 10.0. The summed E-state index contributed by atoms with van der Waals surface area (Å²) >= 11 is 0. The van der Waals surface area contributed by atoms with Crippen LogP contribution in [0.3, 0.4) is 0 Å². The maximum Gasteiger partial charge on any atom is 0.0646 e. The Bertz CT molecular complexity index is 510. The Hall–Kier alpha value is -1.61. The minimum atomic E-state index is 0.968. The summed E-state index contributed by atoms with van der Waals surface area (Å²) in [6, 6.07) is 2.07. The summed E-state index contributed by atoms with van der Waals surface area (Å²) < 4.78 is 0. The molecular formula is C12H13N3. The van der Waals surface area contributed by atoms with E-state index < -0.39 is 0 Å². The molecule has 2 aromatic rings. The second kappa shape index (κ2) is 3.51. The topological polar surface area (TPSA) is 40.7 Å². The number of aromatic amines is 1. The molecule has 3 heteroatoms. The second-order valence-corrected chi connectivity index (χ2v) is 3.82. The molecule has 0 unspecified atom stereocenters. The Morgan fingerprint density at radius 1 is 1.33 bits per heavy atom. The second-order valence-electron chi connectivity index (χ2n) is 3.82. The predicted molar refractivity (Wildman–Crippen MR) is 61.6 cm³/mol. The molecule has 0 saturated carbocycles. The van der Waals surface area contributed by atoms with Crippen LogP contribution >= 0.6 is 0 Å². The first kappa shape index (κ1) is 8.68. The van der Waals surface area contributed by atoms with Crippen molar-refractivity contribution < 1.29 is 0 Å². The number of nitrogens with zero attached hydrogens (tertiary/aromatic N) is 1. The van der Waals surface area contributed by atoms with Crippen molar-refractivity contribution in [3.8, 4) is 0 Å². The molecule has 1 aliphatic heterocycles. The van der Waals surface area contributed by atoms with E-state index in [1.54, 1.807) is 0 Å². The number of fused-ring (bicyclic) bond motifs is 1. The molecule has 2 aromatic heterocycles. The SMILES string of the molecule is C1=C(c2c[nH]c3cnccc23)CNCC1. The van der Waals surface area contributed by atoms with Crippen LogP contribution in [-0.4, -0.2) is 23.1 Å². The van der Waals surface area contributed by atoms with Crippen molar-refractivity contribution in [2.24, 2.45) is 0 Å². The van der Waals surface area contributed by atoms with Gasteiger partial charge in [-0.15, -0.1) is 0 Å². The Morgan fingerprint density at radius 3 is 3.20 bits per heavy atom. The Morgan fingerprint density at radius 2 is 2.33 bits per heavy atom. The van der Waals surface area contributed by atoms with Gasteiger partial charge in [0.05, 0.1) is 11.7 Å². The van der Waals surface area contributed by atoms with Crippen LogP contribution < -0.4 is 5.32 Å². The molecule has 3 heterocycles. The monoisotopic (exact) mass is 199 g/mol. The molecular weight excluding hydrogens is 186 g/mol.